The summed E-state index contributed by atoms with van der Waals surface area (Å²) in [6.45, 7) is 7.50. The Morgan fingerprint density at radius 2 is 1.59 bits per heavy atom. The van der Waals surface area contributed by atoms with Gasteiger partial charge in [0.15, 0.2) is 5.79 Å². The largest absolute Gasteiger partial charge is 0.347 e. The second-order valence-electron chi connectivity index (χ2n) is 7.26. The van der Waals surface area contributed by atoms with Gasteiger partial charge in [0.1, 0.15) is 4.90 Å². The van der Waals surface area contributed by atoms with Crippen LogP contribution in [0.1, 0.15) is 29.8 Å². The first-order valence-electron chi connectivity index (χ1n) is 9.24. The number of hydrogen-bond donors (Lipinski definition) is 0. The second kappa shape index (κ2) is 6.70. The van der Waals surface area contributed by atoms with Crippen molar-refractivity contribution in [3.8, 4) is 5.69 Å². The molecule has 2 fully saturated rings. The van der Waals surface area contributed by atoms with E-state index >= 15 is 0 Å². The first-order chi connectivity index (χ1) is 12.8. The van der Waals surface area contributed by atoms with E-state index in [1.165, 1.54) is 4.31 Å². The van der Waals surface area contributed by atoms with Gasteiger partial charge in [0.2, 0.25) is 10.0 Å². The van der Waals surface area contributed by atoms with Crippen molar-refractivity contribution in [3.05, 3.63) is 41.2 Å². The van der Waals surface area contributed by atoms with E-state index in [0.717, 1.165) is 11.3 Å². The first kappa shape index (κ1) is 18.6. The van der Waals surface area contributed by atoms with Crippen LogP contribution < -0.4 is 0 Å². The maximum atomic E-state index is 13.3. The Hall–Kier alpha value is -1.74. The van der Waals surface area contributed by atoms with Crippen LogP contribution in [0.2, 0.25) is 0 Å². The van der Waals surface area contributed by atoms with E-state index in [0.29, 0.717) is 55.4 Å². The van der Waals surface area contributed by atoms with Gasteiger partial charge in [-0.25, -0.2) is 13.1 Å². The van der Waals surface area contributed by atoms with Gasteiger partial charge in [-0.05, 0) is 32.9 Å². The normalized spacial score (nSPS) is 20.4. The highest BCUT2D eigenvalue weighted by molar-refractivity contribution is 7.89. The number of rotatable bonds is 3. The highest BCUT2D eigenvalue weighted by Crippen LogP contribution is 2.34. The van der Waals surface area contributed by atoms with Crippen molar-refractivity contribution in [2.24, 2.45) is 0 Å². The molecule has 3 heterocycles. The third-order valence-corrected chi connectivity index (χ3v) is 7.55. The molecule has 0 unspecified atom stereocenters. The van der Waals surface area contributed by atoms with Crippen LogP contribution in [0.5, 0.6) is 0 Å². The Morgan fingerprint density at radius 1 is 1.00 bits per heavy atom. The molecular weight excluding hydrogens is 366 g/mol. The molecule has 0 saturated carbocycles. The van der Waals surface area contributed by atoms with Crippen LogP contribution in [0, 0.1) is 20.8 Å². The Bertz CT molecular complexity index is 934. The lowest BCUT2D eigenvalue weighted by Crippen LogP contribution is -2.47. The molecule has 27 heavy (non-hydrogen) atoms. The van der Waals surface area contributed by atoms with Crippen molar-refractivity contribution in [2.45, 2.75) is 44.3 Å². The second-order valence-corrected chi connectivity index (χ2v) is 9.13. The summed E-state index contributed by atoms with van der Waals surface area (Å²) in [5.74, 6) is -0.595. The highest BCUT2D eigenvalue weighted by Gasteiger charge is 2.43. The molecule has 0 radical (unpaired) electrons. The zero-order valence-corrected chi connectivity index (χ0v) is 16.8. The Morgan fingerprint density at radius 3 is 2.19 bits per heavy atom. The maximum absolute atomic E-state index is 13.3. The molecule has 2 aromatic rings. The summed E-state index contributed by atoms with van der Waals surface area (Å²) in [5.41, 5.74) is 3.14. The van der Waals surface area contributed by atoms with Gasteiger partial charge >= 0.3 is 0 Å². The number of aromatic nitrogens is 2. The molecule has 1 aromatic carbocycles. The number of ether oxygens (including phenoxy) is 2. The van der Waals surface area contributed by atoms with Crippen LogP contribution in [-0.4, -0.2) is 54.6 Å². The average Bonchev–Trinajstić information content (AvgIpc) is 3.20. The van der Waals surface area contributed by atoms with Crippen LogP contribution in [0.15, 0.2) is 29.2 Å². The van der Waals surface area contributed by atoms with Crippen molar-refractivity contribution >= 4 is 10.0 Å². The molecule has 1 spiro atoms. The predicted molar refractivity (Wildman–Crippen MR) is 100 cm³/mol. The standard InChI is InChI=1S/C19H25N3O4S/c1-14-4-6-17(7-5-14)22-16(3)18(15(2)20-22)27(23,24)21-10-8-19(9-11-21)25-12-13-26-19/h4-7H,8-13H2,1-3H3. The minimum Gasteiger partial charge on any atom is -0.347 e. The molecule has 0 aliphatic carbocycles. The van der Waals surface area contributed by atoms with E-state index in [-0.39, 0.29) is 0 Å². The summed E-state index contributed by atoms with van der Waals surface area (Å²) in [4.78, 5) is 0.298. The first-order valence-corrected chi connectivity index (χ1v) is 10.7. The van der Waals surface area contributed by atoms with Crippen LogP contribution in [0.3, 0.4) is 0 Å². The van der Waals surface area contributed by atoms with Crippen molar-refractivity contribution in [1.29, 1.82) is 0 Å². The SMILES string of the molecule is Cc1ccc(-n2nc(C)c(S(=O)(=O)N3CCC4(CC3)OCCO4)c2C)cc1. The molecular formula is C19H25N3O4S. The molecule has 0 N–H and O–H groups in total. The lowest BCUT2D eigenvalue weighted by Gasteiger charge is -2.36. The third kappa shape index (κ3) is 3.20. The molecule has 2 aliphatic rings. The molecule has 146 valence electrons. The molecule has 2 aliphatic heterocycles. The minimum atomic E-state index is -3.63. The molecule has 0 atom stereocenters. The van der Waals surface area contributed by atoms with Crippen molar-refractivity contribution in [3.63, 3.8) is 0 Å². The highest BCUT2D eigenvalue weighted by atomic mass is 32.2. The molecule has 4 rings (SSSR count). The van der Waals surface area contributed by atoms with Gasteiger partial charge in [0.05, 0.1) is 30.3 Å². The number of nitrogens with zero attached hydrogens (tertiary/aromatic N) is 3. The summed E-state index contributed by atoms with van der Waals surface area (Å²) < 4.78 is 41.3. The Labute approximate surface area is 159 Å². The smallest absolute Gasteiger partial charge is 0.246 e. The molecule has 1 aromatic heterocycles. The monoisotopic (exact) mass is 391 g/mol. The van der Waals surface area contributed by atoms with Gasteiger partial charge in [-0.3, -0.25) is 0 Å². The van der Waals surface area contributed by atoms with Gasteiger partial charge in [0.25, 0.3) is 0 Å². The van der Waals surface area contributed by atoms with Gasteiger partial charge in [0, 0.05) is 25.9 Å². The van der Waals surface area contributed by atoms with Gasteiger partial charge in [-0.2, -0.15) is 9.40 Å². The molecule has 0 amide bonds. The number of hydrogen-bond acceptors (Lipinski definition) is 5. The van der Waals surface area contributed by atoms with Gasteiger partial charge in [-0.1, -0.05) is 17.7 Å². The van der Waals surface area contributed by atoms with Gasteiger partial charge < -0.3 is 9.47 Å². The molecule has 0 bridgehead atoms. The Kier molecular flexibility index (Phi) is 4.62. The lowest BCUT2D eigenvalue weighted by atomic mass is 10.1. The number of sulfonamides is 1. The van der Waals surface area contributed by atoms with E-state index in [2.05, 4.69) is 5.10 Å². The van der Waals surface area contributed by atoms with Gasteiger partial charge in [-0.15, -0.1) is 0 Å². The van der Waals surface area contributed by atoms with E-state index in [1.807, 2.05) is 31.2 Å². The molecule has 8 heteroatoms. The van der Waals surface area contributed by atoms with E-state index < -0.39 is 15.8 Å². The summed E-state index contributed by atoms with van der Waals surface area (Å²) in [6, 6.07) is 7.88. The van der Waals surface area contributed by atoms with E-state index in [9.17, 15) is 8.42 Å². The fourth-order valence-electron chi connectivity index (χ4n) is 3.92. The summed E-state index contributed by atoms with van der Waals surface area (Å²) >= 11 is 0. The topological polar surface area (TPSA) is 73.7 Å². The van der Waals surface area contributed by atoms with Crippen molar-refractivity contribution in [2.75, 3.05) is 26.3 Å². The summed E-state index contributed by atoms with van der Waals surface area (Å²) in [6.07, 6.45) is 1.10. The minimum absolute atomic E-state index is 0.298. The van der Waals surface area contributed by atoms with Crippen LogP contribution >= 0.6 is 0 Å². The average molecular weight is 391 g/mol. The number of aryl methyl sites for hydroxylation is 2. The predicted octanol–water partition coefficient (Wildman–Crippen LogP) is 2.33. The van der Waals surface area contributed by atoms with Crippen LogP contribution in [-0.2, 0) is 19.5 Å². The van der Waals surface area contributed by atoms with E-state index in [4.69, 9.17) is 9.47 Å². The summed E-state index contributed by atoms with van der Waals surface area (Å²) in [7, 11) is -3.63. The fourth-order valence-corrected chi connectivity index (χ4v) is 5.72. The van der Waals surface area contributed by atoms with Crippen LogP contribution in [0.4, 0.5) is 0 Å². The Balaban J connectivity index is 1.63. The zero-order chi connectivity index (χ0) is 19.2. The fraction of sp³-hybridized carbons (Fsp3) is 0.526. The van der Waals surface area contributed by atoms with Crippen molar-refractivity contribution < 1.29 is 17.9 Å². The van der Waals surface area contributed by atoms with Crippen molar-refractivity contribution in [1.82, 2.24) is 14.1 Å². The van der Waals surface area contributed by atoms with E-state index in [1.54, 1.807) is 18.5 Å². The third-order valence-electron chi connectivity index (χ3n) is 5.40. The molecule has 7 nitrogen and oxygen atoms in total. The lowest BCUT2D eigenvalue weighted by molar-refractivity contribution is -0.179. The maximum Gasteiger partial charge on any atom is 0.246 e. The number of benzene rings is 1. The van der Waals surface area contributed by atoms with Crippen LogP contribution in [0.25, 0.3) is 5.69 Å². The zero-order valence-electron chi connectivity index (χ0n) is 15.9. The summed E-state index contributed by atoms with van der Waals surface area (Å²) in [5, 5.41) is 4.50. The number of piperidine rings is 1. The quantitative estimate of drug-likeness (QED) is 0.803. The molecule has 2 saturated heterocycles.